The number of nitrogens with one attached hydrogen (secondary N) is 1. The summed E-state index contributed by atoms with van der Waals surface area (Å²) in [6.07, 6.45) is 1.09. The number of nitrogens with zero attached hydrogens (tertiary/aromatic N) is 1. The van der Waals surface area contributed by atoms with E-state index in [1.807, 2.05) is 69.3 Å². The van der Waals surface area contributed by atoms with Crippen LogP contribution in [0.1, 0.15) is 43.9 Å². The fourth-order valence-electron chi connectivity index (χ4n) is 3.00. The number of benzene rings is 2. The van der Waals surface area contributed by atoms with Crippen LogP contribution < -0.4 is 10.1 Å². The van der Waals surface area contributed by atoms with Crippen LogP contribution in [-0.2, 0) is 22.6 Å². The zero-order valence-electron chi connectivity index (χ0n) is 18.1. The summed E-state index contributed by atoms with van der Waals surface area (Å²) >= 11 is 0. The highest BCUT2D eigenvalue weighted by molar-refractivity contribution is 5.88. The maximum atomic E-state index is 13.2. The summed E-state index contributed by atoms with van der Waals surface area (Å²) in [5.74, 6) is 0.508. The smallest absolute Gasteiger partial charge is 0.242 e. The Morgan fingerprint density at radius 2 is 1.76 bits per heavy atom. The third-order valence-electron chi connectivity index (χ3n) is 5.13. The number of aryl methyl sites for hydroxylation is 1. The van der Waals surface area contributed by atoms with Crippen LogP contribution in [0.25, 0.3) is 0 Å². The van der Waals surface area contributed by atoms with Gasteiger partial charge in [-0.05, 0) is 50.5 Å². The van der Waals surface area contributed by atoms with Gasteiger partial charge < -0.3 is 15.0 Å². The van der Waals surface area contributed by atoms with E-state index in [1.165, 1.54) is 0 Å². The van der Waals surface area contributed by atoms with Crippen LogP contribution >= 0.6 is 0 Å². The van der Waals surface area contributed by atoms with E-state index < -0.39 is 6.04 Å². The Labute approximate surface area is 174 Å². The molecule has 0 saturated heterocycles. The summed E-state index contributed by atoms with van der Waals surface area (Å²) in [6.45, 7) is 8.13. The lowest BCUT2D eigenvalue weighted by Gasteiger charge is -2.30. The number of amides is 2. The van der Waals surface area contributed by atoms with Gasteiger partial charge in [-0.1, -0.05) is 48.9 Å². The summed E-state index contributed by atoms with van der Waals surface area (Å²) in [6, 6.07) is 15.0. The second kappa shape index (κ2) is 10.6. The predicted octanol–water partition coefficient (Wildman–Crippen LogP) is 3.88. The Hall–Kier alpha value is -2.82. The first-order valence-corrected chi connectivity index (χ1v) is 10.1. The molecule has 0 fully saturated rings. The van der Waals surface area contributed by atoms with Crippen LogP contribution in [0.15, 0.2) is 48.5 Å². The third kappa shape index (κ3) is 6.63. The Bertz CT molecular complexity index is 817. The van der Waals surface area contributed by atoms with Crippen LogP contribution in [0.3, 0.4) is 0 Å². The lowest BCUT2D eigenvalue weighted by Crippen LogP contribution is -2.49. The maximum absolute atomic E-state index is 13.2. The zero-order chi connectivity index (χ0) is 21.4. The average molecular weight is 397 g/mol. The fourth-order valence-corrected chi connectivity index (χ4v) is 3.00. The van der Waals surface area contributed by atoms with E-state index in [4.69, 9.17) is 4.74 Å². The monoisotopic (exact) mass is 396 g/mol. The van der Waals surface area contributed by atoms with Crippen molar-refractivity contribution in [1.29, 1.82) is 0 Å². The molecule has 0 heterocycles. The molecule has 0 aliphatic rings. The van der Waals surface area contributed by atoms with Gasteiger partial charge in [-0.15, -0.1) is 0 Å². The van der Waals surface area contributed by atoms with Gasteiger partial charge in [-0.2, -0.15) is 0 Å². The highest BCUT2D eigenvalue weighted by atomic mass is 16.5. The van der Waals surface area contributed by atoms with Crippen molar-refractivity contribution in [3.8, 4) is 5.75 Å². The molecule has 0 radical (unpaired) electrons. The van der Waals surface area contributed by atoms with Gasteiger partial charge in [0.15, 0.2) is 0 Å². The van der Waals surface area contributed by atoms with E-state index in [-0.39, 0.29) is 24.3 Å². The normalized spacial score (nSPS) is 12.7. The fraction of sp³-hybridized carbons (Fsp3) is 0.417. The molecule has 2 amide bonds. The third-order valence-corrected chi connectivity index (χ3v) is 5.13. The van der Waals surface area contributed by atoms with Gasteiger partial charge in [0, 0.05) is 12.6 Å². The van der Waals surface area contributed by atoms with Crippen molar-refractivity contribution < 1.29 is 14.3 Å². The first-order valence-electron chi connectivity index (χ1n) is 10.1. The summed E-state index contributed by atoms with van der Waals surface area (Å²) in [4.78, 5) is 27.6. The molecule has 0 aliphatic carbocycles. The van der Waals surface area contributed by atoms with Gasteiger partial charge in [0.05, 0.1) is 13.5 Å². The molecule has 5 nitrogen and oxygen atoms in total. The minimum atomic E-state index is -0.576. The minimum Gasteiger partial charge on any atom is -0.497 e. The number of rotatable bonds is 9. The Morgan fingerprint density at radius 1 is 1.07 bits per heavy atom. The molecule has 2 rings (SSSR count). The predicted molar refractivity (Wildman–Crippen MR) is 116 cm³/mol. The lowest BCUT2D eigenvalue weighted by atomic mass is 10.1. The van der Waals surface area contributed by atoms with Gasteiger partial charge in [-0.3, -0.25) is 9.59 Å². The van der Waals surface area contributed by atoms with Gasteiger partial charge in [0.25, 0.3) is 0 Å². The van der Waals surface area contributed by atoms with Crippen molar-refractivity contribution in [3.05, 3.63) is 65.2 Å². The van der Waals surface area contributed by atoms with Crippen LogP contribution in [0.4, 0.5) is 0 Å². The Kier molecular flexibility index (Phi) is 8.25. The number of ether oxygens (including phenoxy) is 1. The second-order valence-corrected chi connectivity index (χ2v) is 7.53. The van der Waals surface area contributed by atoms with Gasteiger partial charge in [0.2, 0.25) is 11.8 Å². The summed E-state index contributed by atoms with van der Waals surface area (Å²) in [5.41, 5.74) is 3.01. The van der Waals surface area contributed by atoms with Crippen LogP contribution in [-0.4, -0.2) is 35.9 Å². The van der Waals surface area contributed by atoms with Gasteiger partial charge in [0.1, 0.15) is 11.8 Å². The molecule has 2 aromatic carbocycles. The topological polar surface area (TPSA) is 58.6 Å². The standard InChI is InChI=1S/C24H32N2O3/c1-6-18(3)25-24(28)19(4)26(16-21-8-7-9-22(14-21)29-5)23(27)15-20-12-10-17(2)11-13-20/h7-14,18-19H,6,15-16H2,1-5H3,(H,25,28)/t18-,19+/m1/s1. The number of carbonyl (C=O) groups is 2. The van der Waals surface area contributed by atoms with E-state index in [2.05, 4.69) is 5.32 Å². The van der Waals surface area contributed by atoms with Gasteiger partial charge >= 0.3 is 0 Å². The van der Waals surface area contributed by atoms with Crippen molar-refractivity contribution in [1.82, 2.24) is 10.2 Å². The molecule has 0 aliphatic heterocycles. The number of carbonyl (C=O) groups excluding carboxylic acids is 2. The van der Waals surface area contributed by atoms with E-state index in [1.54, 1.807) is 18.9 Å². The van der Waals surface area contributed by atoms with Crippen LogP contribution in [0.2, 0.25) is 0 Å². The van der Waals surface area contributed by atoms with Crippen molar-refractivity contribution in [3.63, 3.8) is 0 Å². The molecule has 0 aromatic heterocycles. The van der Waals surface area contributed by atoms with E-state index in [0.29, 0.717) is 6.54 Å². The van der Waals surface area contributed by atoms with Crippen LogP contribution in [0.5, 0.6) is 5.75 Å². The largest absolute Gasteiger partial charge is 0.497 e. The molecule has 0 bridgehead atoms. The van der Waals surface area contributed by atoms with Crippen molar-refractivity contribution in [2.24, 2.45) is 0 Å². The maximum Gasteiger partial charge on any atom is 0.242 e. The van der Waals surface area contributed by atoms with E-state index >= 15 is 0 Å². The molecule has 1 N–H and O–H groups in total. The molecule has 29 heavy (non-hydrogen) atoms. The summed E-state index contributed by atoms with van der Waals surface area (Å²) in [5, 5.41) is 2.99. The second-order valence-electron chi connectivity index (χ2n) is 7.53. The minimum absolute atomic E-state index is 0.0656. The molecule has 156 valence electrons. The zero-order valence-corrected chi connectivity index (χ0v) is 18.1. The van der Waals surface area contributed by atoms with E-state index in [9.17, 15) is 9.59 Å². The molecule has 5 heteroatoms. The molecular formula is C24H32N2O3. The van der Waals surface area contributed by atoms with Gasteiger partial charge in [-0.25, -0.2) is 0 Å². The Morgan fingerprint density at radius 3 is 2.38 bits per heavy atom. The summed E-state index contributed by atoms with van der Waals surface area (Å²) < 4.78 is 5.30. The number of methoxy groups -OCH3 is 1. The quantitative estimate of drug-likeness (QED) is 0.700. The van der Waals surface area contributed by atoms with Crippen molar-refractivity contribution in [2.75, 3.05) is 7.11 Å². The molecule has 2 aromatic rings. The lowest BCUT2D eigenvalue weighted by molar-refractivity contribution is -0.140. The van der Waals surface area contributed by atoms with Crippen LogP contribution in [0, 0.1) is 6.92 Å². The molecule has 0 unspecified atom stereocenters. The number of hydrogen-bond acceptors (Lipinski definition) is 3. The highest BCUT2D eigenvalue weighted by Crippen LogP contribution is 2.17. The van der Waals surface area contributed by atoms with Crippen molar-refractivity contribution >= 4 is 11.8 Å². The molecular weight excluding hydrogens is 364 g/mol. The van der Waals surface area contributed by atoms with E-state index in [0.717, 1.165) is 28.9 Å². The SMILES string of the molecule is CC[C@@H](C)NC(=O)[C@H](C)N(Cc1cccc(OC)c1)C(=O)Cc1ccc(C)cc1. The number of hydrogen-bond donors (Lipinski definition) is 1. The molecule has 0 saturated carbocycles. The molecule has 2 atom stereocenters. The van der Waals surface area contributed by atoms with Crippen molar-refractivity contribution in [2.45, 2.75) is 59.2 Å². The molecule has 0 spiro atoms. The Balaban J connectivity index is 2.23. The average Bonchev–Trinajstić information content (AvgIpc) is 2.73. The first kappa shape index (κ1) is 22.5. The first-order chi connectivity index (χ1) is 13.8. The summed E-state index contributed by atoms with van der Waals surface area (Å²) in [7, 11) is 1.61. The highest BCUT2D eigenvalue weighted by Gasteiger charge is 2.27.